The van der Waals surface area contributed by atoms with Crippen molar-refractivity contribution in [2.45, 2.75) is 19.5 Å². The number of alkyl halides is 3. The van der Waals surface area contributed by atoms with E-state index in [0.29, 0.717) is 10.9 Å². The summed E-state index contributed by atoms with van der Waals surface area (Å²) in [6.07, 6.45) is -4.11. The molecule has 1 unspecified atom stereocenters. The fourth-order valence-corrected chi connectivity index (χ4v) is 4.09. The average Bonchev–Trinajstić information content (AvgIpc) is 3.06. The molecule has 132 valence electrons. The van der Waals surface area contributed by atoms with Crippen LogP contribution in [0.1, 0.15) is 18.1 Å². The summed E-state index contributed by atoms with van der Waals surface area (Å²) in [7, 11) is -0.885. The third-order valence-electron chi connectivity index (χ3n) is 3.65. The first-order chi connectivity index (χ1) is 11.3. The maximum absolute atomic E-state index is 12.6. The van der Waals surface area contributed by atoms with Gasteiger partial charge in [-0.25, -0.2) is 0 Å². The van der Waals surface area contributed by atoms with Crippen LogP contribution in [-0.4, -0.2) is 25.7 Å². The molecule has 1 fully saturated rings. The van der Waals surface area contributed by atoms with Gasteiger partial charge in [-0.1, -0.05) is 18.7 Å². The molecule has 1 aliphatic rings. The highest BCUT2D eigenvalue weighted by Gasteiger charge is 2.32. The van der Waals surface area contributed by atoms with Crippen LogP contribution >= 0.6 is 8.22 Å². The molecule has 2 N–H and O–H groups in total. The summed E-state index contributed by atoms with van der Waals surface area (Å²) >= 11 is 0. The molecule has 0 radical (unpaired) electrons. The first-order valence-corrected chi connectivity index (χ1v) is 8.95. The van der Waals surface area contributed by atoms with Crippen molar-refractivity contribution >= 4 is 14.2 Å². The molecule has 0 spiro atoms. The largest absolute Gasteiger partial charge is 0.466 e. The van der Waals surface area contributed by atoms with Gasteiger partial charge in [0, 0.05) is 13.1 Å². The molecule has 1 saturated heterocycles. The fourth-order valence-electron chi connectivity index (χ4n) is 2.40. The van der Waals surface area contributed by atoms with Gasteiger partial charge in [0.25, 0.3) is 0 Å². The Labute approximate surface area is 140 Å². The van der Waals surface area contributed by atoms with Crippen LogP contribution in [0, 0.1) is 5.92 Å². The number of ether oxygens (including phenoxy) is 1. The maximum atomic E-state index is 12.6. The molecule has 1 aromatic rings. The third kappa shape index (κ3) is 4.79. The minimum atomic E-state index is -4.37. The van der Waals surface area contributed by atoms with Crippen molar-refractivity contribution in [3.8, 4) is 0 Å². The molecule has 0 amide bonds. The van der Waals surface area contributed by atoms with Gasteiger partial charge in [0.15, 0.2) is 0 Å². The normalized spacial score (nSPS) is 16.8. The molecule has 1 aromatic carbocycles. The molecule has 24 heavy (non-hydrogen) atoms. The second kappa shape index (κ2) is 8.10. The van der Waals surface area contributed by atoms with E-state index in [1.54, 1.807) is 6.92 Å². The van der Waals surface area contributed by atoms with E-state index in [9.17, 15) is 18.0 Å². The Morgan fingerprint density at radius 1 is 1.29 bits per heavy atom. The monoisotopic (exact) mass is 360 g/mol. The van der Waals surface area contributed by atoms with Crippen LogP contribution in [-0.2, 0) is 22.1 Å². The topological polar surface area (TPSA) is 50.4 Å². The number of hydrogen-bond donors (Lipinski definition) is 2. The molecular formula is C16H20F3N2O2P. The highest BCUT2D eigenvalue weighted by Crippen LogP contribution is 2.43. The van der Waals surface area contributed by atoms with Crippen molar-refractivity contribution in [3.05, 3.63) is 47.3 Å². The SMILES string of the molecule is C=C(C(Cc1ccc(C(F)(F)F)cc1)C(=O)OCC)P1NCCN1. The van der Waals surface area contributed by atoms with Gasteiger partial charge in [0.1, 0.15) is 0 Å². The summed E-state index contributed by atoms with van der Waals surface area (Å²) in [5, 5.41) is 7.19. The van der Waals surface area contributed by atoms with Gasteiger partial charge in [-0.2, -0.15) is 13.2 Å². The number of nitrogens with one attached hydrogen (secondary N) is 2. The molecule has 0 bridgehead atoms. The predicted molar refractivity (Wildman–Crippen MR) is 87.3 cm³/mol. The molecule has 4 nitrogen and oxygen atoms in total. The van der Waals surface area contributed by atoms with Crippen LogP contribution in [0.5, 0.6) is 0 Å². The van der Waals surface area contributed by atoms with Gasteiger partial charge in [-0.05, 0) is 36.4 Å². The minimum Gasteiger partial charge on any atom is -0.466 e. The van der Waals surface area contributed by atoms with Crippen molar-refractivity contribution in [3.63, 3.8) is 0 Å². The molecular weight excluding hydrogens is 340 g/mol. The van der Waals surface area contributed by atoms with Crippen LogP contribution in [0.3, 0.4) is 0 Å². The fraction of sp³-hybridized carbons (Fsp3) is 0.438. The van der Waals surface area contributed by atoms with E-state index in [1.807, 2.05) is 0 Å². The van der Waals surface area contributed by atoms with E-state index in [4.69, 9.17) is 4.74 Å². The van der Waals surface area contributed by atoms with Gasteiger partial charge in [0.05, 0.1) is 26.3 Å². The highest BCUT2D eigenvalue weighted by molar-refractivity contribution is 7.58. The van der Waals surface area contributed by atoms with Gasteiger partial charge >= 0.3 is 12.1 Å². The van der Waals surface area contributed by atoms with Crippen molar-refractivity contribution in [2.24, 2.45) is 5.92 Å². The number of carbonyl (C=O) groups excluding carboxylic acids is 1. The lowest BCUT2D eigenvalue weighted by atomic mass is 9.98. The lowest BCUT2D eigenvalue weighted by molar-refractivity contribution is -0.146. The summed E-state index contributed by atoms with van der Waals surface area (Å²) in [6, 6.07) is 4.84. The van der Waals surface area contributed by atoms with E-state index in [1.165, 1.54) is 12.1 Å². The predicted octanol–water partition coefficient (Wildman–Crippen LogP) is 3.45. The van der Waals surface area contributed by atoms with Crippen LogP contribution in [0.15, 0.2) is 36.2 Å². The van der Waals surface area contributed by atoms with Crippen molar-refractivity contribution in [1.29, 1.82) is 0 Å². The van der Waals surface area contributed by atoms with E-state index in [0.717, 1.165) is 25.2 Å². The Morgan fingerprint density at radius 2 is 1.88 bits per heavy atom. The summed E-state index contributed by atoms with van der Waals surface area (Å²) in [4.78, 5) is 12.3. The first kappa shape index (κ1) is 18.9. The van der Waals surface area contributed by atoms with Crippen LogP contribution in [0.2, 0.25) is 0 Å². The van der Waals surface area contributed by atoms with Crippen LogP contribution in [0.25, 0.3) is 0 Å². The van der Waals surface area contributed by atoms with Crippen molar-refractivity contribution < 1.29 is 22.7 Å². The molecule has 1 atom stereocenters. The van der Waals surface area contributed by atoms with Crippen molar-refractivity contribution in [2.75, 3.05) is 19.7 Å². The second-order valence-corrected chi connectivity index (χ2v) is 7.22. The molecule has 0 aliphatic carbocycles. The second-order valence-electron chi connectivity index (χ2n) is 5.35. The van der Waals surface area contributed by atoms with Gasteiger partial charge < -0.3 is 4.74 Å². The standard InChI is InChI=1S/C16H20F3N2O2P/c1-3-23-15(22)14(11(2)24-20-8-9-21-24)10-12-4-6-13(7-5-12)16(17,18)19/h4-7,14,20-21H,2-3,8-10H2,1H3. The van der Waals surface area contributed by atoms with E-state index >= 15 is 0 Å². The Hall–Kier alpha value is -1.43. The van der Waals surface area contributed by atoms with Crippen LogP contribution in [0.4, 0.5) is 13.2 Å². The molecule has 0 aromatic heterocycles. The first-order valence-electron chi connectivity index (χ1n) is 7.61. The van der Waals surface area contributed by atoms with E-state index in [-0.39, 0.29) is 13.0 Å². The number of halogens is 3. The average molecular weight is 360 g/mol. The summed E-state index contributed by atoms with van der Waals surface area (Å²) < 4.78 is 43.0. The minimum absolute atomic E-state index is 0.244. The molecule has 8 heteroatoms. The summed E-state index contributed by atoms with van der Waals surface area (Å²) in [5.74, 6) is -0.994. The lowest BCUT2D eigenvalue weighted by Crippen LogP contribution is -2.24. The number of benzene rings is 1. The Kier molecular flexibility index (Phi) is 6.38. The Morgan fingerprint density at radius 3 is 2.38 bits per heavy atom. The number of hydrogen-bond acceptors (Lipinski definition) is 4. The molecule has 1 aliphatic heterocycles. The Bertz CT molecular complexity index is 584. The zero-order chi connectivity index (χ0) is 17.7. The van der Waals surface area contributed by atoms with Gasteiger partial charge in [0.2, 0.25) is 0 Å². The highest BCUT2D eigenvalue weighted by atomic mass is 31.1. The lowest BCUT2D eigenvalue weighted by Gasteiger charge is -2.22. The van der Waals surface area contributed by atoms with Gasteiger partial charge in [-0.3, -0.25) is 15.0 Å². The quantitative estimate of drug-likeness (QED) is 0.603. The zero-order valence-electron chi connectivity index (χ0n) is 13.3. The van der Waals surface area contributed by atoms with E-state index in [2.05, 4.69) is 16.8 Å². The number of esters is 1. The maximum Gasteiger partial charge on any atom is 0.416 e. The number of carbonyl (C=O) groups is 1. The number of rotatable bonds is 6. The third-order valence-corrected chi connectivity index (χ3v) is 5.61. The van der Waals surface area contributed by atoms with Crippen molar-refractivity contribution in [1.82, 2.24) is 10.2 Å². The molecule has 0 saturated carbocycles. The van der Waals surface area contributed by atoms with Crippen LogP contribution < -0.4 is 10.2 Å². The molecule has 2 rings (SSSR count). The van der Waals surface area contributed by atoms with E-state index < -0.39 is 31.9 Å². The smallest absolute Gasteiger partial charge is 0.416 e. The Balaban J connectivity index is 2.15. The zero-order valence-corrected chi connectivity index (χ0v) is 14.2. The summed E-state index contributed by atoms with van der Waals surface area (Å²) in [5.41, 5.74) is -0.0716. The molecule has 1 heterocycles. The van der Waals surface area contributed by atoms with Gasteiger partial charge in [-0.15, -0.1) is 0 Å². The summed E-state index contributed by atoms with van der Waals surface area (Å²) in [6.45, 7) is 7.56.